The Morgan fingerprint density at radius 1 is 1.30 bits per heavy atom. The minimum absolute atomic E-state index is 0.0594. The Kier molecular flexibility index (Phi) is 8.59. The average molecular weight is 490 g/mol. The van der Waals surface area contributed by atoms with E-state index in [0.717, 1.165) is 19.3 Å². The van der Waals surface area contributed by atoms with Crippen LogP contribution in [0.25, 0.3) is 0 Å². The molecule has 1 aromatic rings. The van der Waals surface area contributed by atoms with Gasteiger partial charge in [0, 0.05) is 12.1 Å². The molecule has 0 bridgehead atoms. The maximum Gasteiger partial charge on any atom is 0.404 e. The average Bonchev–Trinajstić information content (AvgIpc) is 2.78. The highest BCUT2D eigenvalue weighted by atomic mass is 35.5. The van der Waals surface area contributed by atoms with Crippen molar-refractivity contribution in [3.05, 3.63) is 34.6 Å². The lowest BCUT2D eigenvalue weighted by atomic mass is 9.81. The first-order valence-corrected chi connectivity index (χ1v) is 11.5. The third-order valence-electron chi connectivity index (χ3n) is 6.70. The molecule has 10 heteroatoms. The molecule has 1 N–H and O–H groups in total. The van der Waals surface area contributed by atoms with Gasteiger partial charge in [-0.25, -0.2) is 4.39 Å². The van der Waals surface area contributed by atoms with E-state index >= 15 is 0 Å². The number of aryl methyl sites for hydroxylation is 1. The Labute approximate surface area is 196 Å². The van der Waals surface area contributed by atoms with Gasteiger partial charge in [0.05, 0.1) is 24.4 Å². The van der Waals surface area contributed by atoms with Gasteiger partial charge in [-0.15, -0.1) is 0 Å². The van der Waals surface area contributed by atoms with Crippen LogP contribution in [0.3, 0.4) is 0 Å². The number of alkyl halides is 3. The molecule has 2 fully saturated rings. The summed E-state index contributed by atoms with van der Waals surface area (Å²) in [5, 5.41) is 12.1. The van der Waals surface area contributed by atoms with E-state index in [1.165, 1.54) is 30.2 Å². The van der Waals surface area contributed by atoms with Crippen LogP contribution in [0, 0.1) is 29.0 Å². The largest absolute Gasteiger partial charge is 0.404 e. The molecule has 3 unspecified atom stereocenters. The molecular formula is C23H28ClF4N3O2. The van der Waals surface area contributed by atoms with E-state index < -0.39 is 48.2 Å². The number of likely N-dealkylation sites (tertiary alicyclic amines) is 1. The molecule has 0 radical (unpaired) electrons. The van der Waals surface area contributed by atoms with Crippen LogP contribution in [0.15, 0.2) is 18.2 Å². The molecule has 1 heterocycles. The normalized spacial score (nSPS) is 23.7. The number of hydrogen-bond donors (Lipinski definition) is 1. The number of nitriles is 1. The lowest BCUT2D eigenvalue weighted by Crippen LogP contribution is -2.70. The minimum Gasteiger partial charge on any atom is -0.348 e. The Morgan fingerprint density at radius 3 is 2.61 bits per heavy atom. The highest BCUT2D eigenvalue weighted by Crippen LogP contribution is 2.38. The Hall–Kier alpha value is -1.89. The molecule has 33 heavy (non-hydrogen) atoms. The molecule has 182 valence electrons. The topological polar surface area (TPSA) is 65.4 Å². The number of ether oxygens (including phenoxy) is 1. The molecule has 1 saturated carbocycles. The molecule has 1 amide bonds. The molecule has 0 spiro atoms. The van der Waals surface area contributed by atoms with Crippen molar-refractivity contribution in [2.75, 3.05) is 7.11 Å². The lowest BCUT2D eigenvalue weighted by Gasteiger charge is -2.51. The number of β-lactam (4-membered cyclic amide) rings is 1. The molecule has 3 rings (SSSR count). The molecule has 1 aliphatic carbocycles. The molecule has 0 aromatic heterocycles. The van der Waals surface area contributed by atoms with Gasteiger partial charge in [-0.2, -0.15) is 18.4 Å². The first-order valence-electron chi connectivity index (χ1n) is 11.2. The van der Waals surface area contributed by atoms with E-state index in [0.29, 0.717) is 23.4 Å². The van der Waals surface area contributed by atoms with E-state index in [-0.39, 0.29) is 19.3 Å². The zero-order valence-electron chi connectivity index (χ0n) is 18.4. The van der Waals surface area contributed by atoms with Gasteiger partial charge in [0.1, 0.15) is 11.9 Å². The van der Waals surface area contributed by atoms with E-state index in [2.05, 4.69) is 5.32 Å². The second kappa shape index (κ2) is 11.0. The van der Waals surface area contributed by atoms with Gasteiger partial charge < -0.3 is 4.74 Å². The summed E-state index contributed by atoms with van der Waals surface area (Å²) in [4.78, 5) is 14.1. The zero-order chi connectivity index (χ0) is 24.2. The summed E-state index contributed by atoms with van der Waals surface area (Å²) in [5.41, 5.74) is 0.348. The van der Waals surface area contributed by atoms with Crippen LogP contribution in [-0.4, -0.2) is 42.5 Å². The second-order valence-electron chi connectivity index (χ2n) is 8.73. The molecule has 1 aliphatic heterocycles. The van der Waals surface area contributed by atoms with E-state index in [1.807, 2.05) is 6.07 Å². The highest BCUT2D eigenvalue weighted by Gasteiger charge is 2.53. The maximum absolute atomic E-state index is 14.0. The molecule has 4 atom stereocenters. The van der Waals surface area contributed by atoms with Gasteiger partial charge in [0.2, 0.25) is 5.91 Å². The van der Waals surface area contributed by atoms with Crippen molar-refractivity contribution in [3.63, 3.8) is 0 Å². The lowest BCUT2D eigenvalue weighted by molar-refractivity contribution is -0.210. The standard InChI is InChI=1S/C23H28ClF4N3O2/c1-33-22(30-20(23(26,27)28)14-5-3-2-4-6-14)31-19(11-12-29)17(21(31)32)9-7-15-13-16(24)8-10-18(15)25/h8,10,13-14,17,19-20,22,30H,2-7,9,11H2,1H3/t17-,19?,20?,22?/m1/s1. The second-order valence-corrected chi connectivity index (χ2v) is 9.16. The molecule has 2 aliphatic rings. The van der Waals surface area contributed by atoms with Crippen molar-refractivity contribution in [2.24, 2.45) is 11.8 Å². The number of halogens is 5. The first-order chi connectivity index (χ1) is 15.7. The van der Waals surface area contributed by atoms with Crippen molar-refractivity contribution in [3.8, 4) is 6.07 Å². The number of nitrogens with one attached hydrogen (secondary N) is 1. The van der Waals surface area contributed by atoms with E-state index in [4.69, 9.17) is 16.3 Å². The van der Waals surface area contributed by atoms with Gasteiger partial charge in [-0.1, -0.05) is 30.9 Å². The van der Waals surface area contributed by atoms with Crippen molar-refractivity contribution >= 4 is 17.5 Å². The number of nitrogens with zero attached hydrogens (tertiary/aromatic N) is 2. The number of methoxy groups -OCH3 is 1. The van der Waals surface area contributed by atoms with Gasteiger partial charge >= 0.3 is 6.18 Å². The SMILES string of the molecule is COC(NC(C1CCCCC1)C(F)(F)F)N1C(=O)[C@H](CCc2cc(Cl)ccc2F)C1CC#N. The quantitative estimate of drug-likeness (QED) is 0.295. The molecular weight excluding hydrogens is 462 g/mol. The Bertz CT molecular complexity index is 870. The minimum atomic E-state index is -4.50. The number of carbonyl (C=O) groups excluding carboxylic acids is 1. The number of benzene rings is 1. The van der Waals surface area contributed by atoms with Crippen molar-refractivity contribution in [1.82, 2.24) is 10.2 Å². The summed E-state index contributed by atoms with van der Waals surface area (Å²) >= 11 is 5.92. The smallest absolute Gasteiger partial charge is 0.348 e. The van der Waals surface area contributed by atoms with E-state index in [1.54, 1.807) is 0 Å². The Morgan fingerprint density at radius 2 is 2.00 bits per heavy atom. The van der Waals surface area contributed by atoms with Crippen molar-refractivity contribution in [2.45, 2.75) is 76.0 Å². The zero-order valence-corrected chi connectivity index (χ0v) is 19.1. The van der Waals surface area contributed by atoms with Crippen LogP contribution in [-0.2, 0) is 16.0 Å². The third kappa shape index (κ3) is 5.97. The summed E-state index contributed by atoms with van der Waals surface area (Å²) in [7, 11) is 1.23. The summed E-state index contributed by atoms with van der Waals surface area (Å²) in [6, 6.07) is 3.72. The number of carbonyl (C=O) groups is 1. The number of rotatable bonds is 9. The van der Waals surface area contributed by atoms with Crippen molar-refractivity contribution in [1.29, 1.82) is 5.26 Å². The Balaban J connectivity index is 1.72. The summed E-state index contributed by atoms with van der Waals surface area (Å²) < 4.78 is 60.9. The molecule has 1 aromatic carbocycles. The predicted molar refractivity (Wildman–Crippen MR) is 114 cm³/mol. The van der Waals surface area contributed by atoms with Gasteiger partial charge in [0.25, 0.3) is 0 Å². The molecule has 5 nitrogen and oxygen atoms in total. The maximum atomic E-state index is 14.0. The van der Waals surface area contributed by atoms with Crippen LogP contribution in [0.1, 0.15) is 50.5 Å². The predicted octanol–water partition coefficient (Wildman–Crippen LogP) is 5.18. The van der Waals surface area contributed by atoms with Crippen LogP contribution in [0.4, 0.5) is 17.6 Å². The fourth-order valence-corrected chi connectivity index (χ4v) is 5.19. The van der Waals surface area contributed by atoms with Crippen molar-refractivity contribution < 1.29 is 27.1 Å². The summed E-state index contributed by atoms with van der Waals surface area (Å²) in [6.45, 7) is 0. The summed E-state index contributed by atoms with van der Waals surface area (Å²) in [5.74, 6) is -2.07. The van der Waals surface area contributed by atoms with Gasteiger partial charge in [0.15, 0.2) is 6.35 Å². The van der Waals surface area contributed by atoms with Crippen LogP contribution in [0.2, 0.25) is 5.02 Å². The monoisotopic (exact) mass is 489 g/mol. The van der Waals surface area contributed by atoms with E-state index in [9.17, 15) is 27.6 Å². The number of amides is 1. The fraction of sp³-hybridized carbons (Fsp3) is 0.652. The fourth-order valence-electron chi connectivity index (χ4n) is 5.00. The van der Waals surface area contributed by atoms with Crippen LogP contribution in [0.5, 0.6) is 0 Å². The third-order valence-corrected chi connectivity index (χ3v) is 6.93. The first kappa shape index (κ1) is 25.7. The number of hydrogen-bond acceptors (Lipinski definition) is 4. The van der Waals surface area contributed by atoms with Crippen LogP contribution < -0.4 is 5.32 Å². The summed E-state index contributed by atoms with van der Waals surface area (Å²) in [6.07, 6.45) is -2.10. The highest BCUT2D eigenvalue weighted by molar-refractivity contribution is 6.30. The molecule has 1 saturated heterocycles. The van der Waals surface area contributed by atoms with Gasteiger partial charge in [-0.05, 0) is 55.4 Å². The van der Waals surface area contributed by atoms with Crippen LogP contribution >= 0.6 is 11.6 Å². The van der Waals surface area contributed by atoms with Gasteiger partial charge in [-0.3, -0.25) is 15.0 Å².